The molecule has 0 aromatic rings. The zero-order chi connectivity index (χ0) is 15.2. The van der Waals surface area contributed by atoms with Gasteiger partial charge in [-0.25, -0.2) is 0 Å². The van der Waals surface area contributed by atoms with Gasteiger partial charge in [-0.1, -0.05) is 47.0 Å². The predicted molar refractivity (Wildman–Crippen MR) is 92.0 cm³/mol. The maximum Gasteiger partial charge on any atom is 0.284 e. The fourth-order valence-corrected chi connectivity index (χ4v) is 8.07. The van der Waals surface area contributed by atoms with E-state index < -0.39 is 8.56 Å². The van der Waals surface area contributed by atoms with Crippen LogP contribution < -0.4 is 14.9 Å². The summed E-state index contributed by atoms with van der Waals surface area (Å²) in [6.07, 6.45) is 6.99. The minimum absolute atomic E-state index is 0.175. The van der Waals surface area contributed by atoms with Crippen molar-refractivity contribution >= 4 is 8.56 Å². The van der Waals surface area contributed by atoms with E-state index in [0.29, 0.717) is 5.92 Å². The molecule has 20 heavy (non-hydrogen) atoms. The molecule has 1 aliphatic rings. The van der Waals surface area contributed by atoms with Gasteiger partial charge in [-0.05, 0) is 51.2 Å². The van der Waals surface area contributed by atoms with Crippen LogP contribution in [0.5, 0.6) is 0 Å². The van der Waals surface area contributed by atoms with Crippen molar-refractivity contribution in [2.45, 2.75) is 84.7 Å². The van der Waals surface area contributed by atoms with Crippen LogP contribution in [0.25, 0.3) is 0 Å². The SMILES string of the molecule is CCN[Si](NCC)(NC(C)(C)C(C)C)C1CCCCC1. The molecular formula is C16H37N3Si. The molecule has 1 fully saturated rings. The Labute approximate surface area is 127 Å². The fourth-order valence-electron chi connectivity index (χ4n) is 3.29. The monoisotopic (exact) mass is 299 g/mol. The van der Waals surface area contributed by atoms with Gasteiger partial charge >= 0.3 is 0 Å². The van der Waals surface area contributed by atoms with E-state index >= 15 is 0 Å². The van der Waals surface area contributed by atoms with Gasteiger partial charge in [-0.3, -0.25) is 0 Å². The molecule has 0 unspecified atom stereocenters. The van der Waals surface area contributed by atoms with Crippen molar-refractivity contribution in [3.8, 4) is 0 Å². The molecule has 0 aromatic heterocycles. The van der Waals surface area contributed by atoms with Crippen molar-refractivity contribution in [1.82, 2.24) is 14.9 Å². The van der Waals surface area contributed by atoms with Crippen LogP contribution in [-0.4, -0.2) is 27.2 Å². The molecule has 1 rings (SSSR count). The van der Waals surface area contributed by atoms with E-state index in [1.165, 1.54) is 32.1 Å². The molecule has 1 aliphatic carbocycles. The number of nitrogens with one attached hydrogen (secondary N) is 3. The Morgan fingerprint density at radius 2 is 1.50 bits per heavy atom. The average Bonchev–Trinajstić information content (AvgIpc) is 2.39. The highest BCUT2D eigenvalue weighted by Gasteiger charge is 2.45. The summed E-state index contributed by atoms with van der Waals surface area (Å²) < 4.78 is 0. The quantitative estimate of drug-likeness (QED) is 0.600. The average molecular weight is 300 g/mol. The van der Waals surface area contributed by atoms with Gasteiger partial charge in [-0.2, -0.15) is 0 Å². The minimum Gasteiger partial charge on any atom is -0.313 e. The maximum atomic E-state index is 4.09. The zero-order valence-corrected chi connectivity index (χ0v) is 15.6. The van der Waals surface area contributed by atoms with Gasteiger partial charge in [0.05, 0.1) is 0 Å². The van der Waals surface area contributed by atoms with E-state index in [1.807, 2.05) is 0 Å². The largest absolute Gasteiger partial charge is 0.313 e. The predicted octanol–water partition coefficient (Wildman–Crippen LogP) is 3.50. The lowest BCUT2D eigenvalue weighted by Crippen LogP contribution is -2.79. The normalized spacial score (nSPS) is 18.8. The second-order valence-electron chi connectivity index (χ2n) is 7.20. The van der Waals surface area contributed by atoms with Crippen molar-refractivity contribution in [2.24, 2.45) is 5.92 Å². The third-order valence-electron chi connectivity index (χ3n) is 5.09. The van der Waals surface area contributed by atoms with Crippen molar-refractivity contribution < 1.29 is 0 Å². The summed E-state index contributed by atoms with van der Waals surface area (Å²) in [5, 5.41) is 0. The molecule has 1 saturated carbocycles. The van der Waals surface area contributed by atoms with Crippen LogP contribution in [0, 0.1) is 5.92 Å². The van der Waals surface area contributed by atoms with Crippen LogP contribution in [0.15, 0.2) is 0 Å². The Morgan fingerprint density at radius 3 is 1.90 bits per heavy atom. The molecule has 0 saturated heterocycles. The summed E-state index contributed by atoms with van der Waals surface area (Å²) >= 11 is 0. The molecule has 120 valence electrons. The Balaban J connectivity index is 2.96. The molecule has 0 bridgehead atoms. The molecule has 3 nitrogen and oxygen atoms in total. The van der Waals surface area contributed by atoms with Crippen molar-refractivity contribution in [2.75, 3.05) is 13.1 Å². The Bertz CT molecular complexity index is 267. The van der Waals surface area contributed by atoms with E-state index in [0.717, 1.165) is 18.6 Å². The lowest BCUT2D eigenvalue weighted by Gasteiger charge is -2.47. The lowest BCUT2D eigenvalue weighted by atomic mass is 9.92. The van der Waals surface area contributed by atoms with Gasteiger partial charge < -0.3 is 14.9 Å². The van der Waals surface area contributed by atoms with Crippen LogP contribution >= 0.6 is 0 Å². The van der Waals surface area contributed by atoms with Gasteiger partial charge in [0.1, 0.15) is 0 Å². The molecule has 0 spiro atoms. The molecular weight excluding hydrogens is 262 g/mol. The third kappa shape index (κ3) is 4.55. The minimum atomic E-state index is -1.84. The van der Waals surface area contributed by atoms with E-state index in [-0.39, 0.29) is 5.54 Å². The van der Waals surface area contributed by atoms with E-state index in [2.05, 4.69) is 56.5 Å². The van der Waals surface area contributed by atoms with E-state index in [1.54, 1.807) is 0 Å². The lowest BCUT2D eigenvalue weighted by molar-refractivity contribution is 0.320. The number of hydrogen-bond acceptors (Lipinski definition) is 3. The first kappa shape index (κ1) is 18.1. The number of rotatable bonds is 8. The van der Waals surface area contributed by atoms with Crippen LogP contribution in [0.4, 0.5) is 0 Å². The van der Waals surface area contributed by atoms with Gasteiger partial charge in [0, 0.05) is 5.54 Å². The van der Waals surface area contributed by atoms with E-state index in [4.69, 9.17) is 0 Å². The molecule has 3 N–H and O–H groups in total. The molecule has 0 aliphatic heterocycles. The topological polar surface area (TPSA) is 36.1 Å². The molecule has 4 heteroatoms. The van der Waals surface area contributed by atoms with Gasteiger partial charge in [0.2, 0.25) is 0 Å². The standard InChI is InChI=1S/C16H37N3Si/c1-7-17-20(18-8-2,15-12-10-9-11-13-15)19-16(5,6)14(3)4/h14-15,17-19H,7-13H2,1-6H3. The van der Waals surface area contributed by atoms with Crippen LogP contribution in [0.3, 0.4) is 0 Å². The summed E-state index contributed by atoms with van der Waals surface area (Å²) in [5.41, 5.74) is 0.989. The molecule has 0 radical (unpaired) electrons. The molecule has 0 atom stereocenters. The van der Waals surface area contributed by atoms with Gasteiger partial charge in [0.25, 0.3) is 8.56 Å². The number of hydrogen-bond donors (Lipinski definition) is 3. The highest BCUT2D eigenvalue weighted by Crippen LogP contribution is 2.35. The molecule has 0 amide bonds. The fraction of sp³-hybridized carbons (Fsp3) is 1.00. The van der Waals surface area contributed by atoms with Gasteiger partial charge in [-0.15, -0.1) is 0 Å². The van der Waals surface area contributed by atoms with Crippen LogP contribution in [0.2, 0.25) is 5.54 Å². The Hall–Kier alpha value is 0.0969. The second kappa shape index (κ2) is 7.92. The first-order valence-electron chi connectivity index (χ1n) is 8.67. The summed E-state index contributed by atoms with van der Waals surface area (Å²) in [6.45, 7) is 16.0. The Morgan fingerprint density at radius 1 is 1.00 bits per heavy atom. The van der Waals surface area contributed by atoms with Gasteiger partial charge in [0.15, 0.2) is 0 Å². The summed E-state index contributed by atoms with van der Waals surface area (Å²) in [5.74, 6) is 0.635. The third-order valence-corrected chi connectivity index (χ3v) is 9.75. The highest BCUT2D eigenvalue weighted by atomic mass is 28.4. The second-order valence-corrected chi connectivity index (χ2v) is 10.6. The highest BCUT2D eigenvalue weighted by molar-refractivity contribution is 6.74. The Kier molecular flexibility index (Phi) is 7.19. The van der Waals surface area contributed by atoms with Crippen molar-refractivity contribution in [1.29, 1.82) is 0 Å². The van der Waals surface area contributed by atoms with E-state index in [9.17, 15) is 0 Å². The maximum absolute atomic E-state index is 4.09. The molecule has 0 heterocycles. The van der Waals surface area contributed by atoms with Crippen molar-refractivity contribution in [3.63, 3.8) is 0 Å². The molecule has 0 aromatic carbocycles. The summed E-state index contributed by atoms with van der Waals surface area (Å²) in [6, 6.07) is 0. The van der Waals surface area contributed by atoms with Crippen LogP contribution in [0.1, 0.15) is 73.6 Å². The van der Waals surface area contributed by atoms with Crippen molar-refractivity contribution in [3.05, 3.63) is 0 Å². The first-order chi connectivity index (χ1) is 9.38. The smallest absolute Gasteiger partial charge is 0.284 e. The first-order valence-corrected chi connectivity index (χ1v) is 10.7. The van der Waals surface area contributed by atoms with Crippen LogP contribution in [-0.2, 0) is 0 Å². The summed E-state index contributed by atoms with van der Waals surface area (Å²) in [7, 11) is -1.84. The summed E-state index contributed by atoms with van der Waals surface area (Å²) in [4.78, 5) is 11.9. The zero-order valence-electron chi connectivity index (χ0n) is 14.6.